The molecule has 1 aliphatic heterocycles. The molecule has 1 heterocycles. The van der Waals surface area contributed by atoms with Crippen LogP contribution in [-0.2, 0) is 4.74 Å². The maximum absolute atomic E-state index is 14.0. The monoisotopic (exact) mass is 323 g/mol. The average Bonchev–Trinajstić information content (AvgIpc) is 2.52. The molecular weight excluding hydrogens is 308 g/mol. The second-order valence-corrected chi connectivity index (χ2v) is 4.80. The molecule has 7 nitrogen and oxygen atoms in total. The molecule has 0 atom stereocenters. The summed E-state index contributed by atoms with van der Waals surface area (Å²) < 4.78 is 38.5. The van der Waals surface area contributed by atoms with Gasteiger partial charge in [-0.3, -0.25) is 10.8 Å². The molecule has 0 aromatic heterocycles. The van der Waals surface area contributed by atoms with Crippen LogP contribution in [0.4, 0.5) is 14.5 Å². The van der Waals surface area contributed by atoms with Crippen LogP contribution in [0.15, 0.2) is 17.2 Å². The van der Waals surface area contributed by atoms with E-state index in [2.05, 4.69) is 10.5 Å². The number of hydrogen-bond acceptors (Lipinski definition) is 6. The number of halogens is 2. The lowest BCUT2D eigenvalue weighted by molar-refractivity contribution is 0.0223. The van der Waals surface area contributed by atoms with E-state index in [0.717, 1.165) is 12.1 Å². The summed E-state index contributed by atoms with van der Waals surface area (Å²) in [4.78, 5) is 0. The van der Waals surface area contributed by atoms with Crippen LogP contribution >= 0.6 is 0 Å². The summed E-state index contributed by atoms with van der Waals surface area (Å²) >= 11 is 0. The summed E-state index contributed by atoms with van der Waals surface area (Å²) in [7, 11) is 0. The van der Waals surface area contributed by atoms with Gasteiger partial charge in [-0.15, -0.1) is 0 Å². The van der Waals surface area contributed by atoms with Crippen LogP contribution in [0.3, 0.4) is 0 Å². The highest BCUT2D eigenvalue weighted by Crippen LogP contribution is 2.28. The highest BCUT2D eigenvalue weighted by atomic mass is 19.1. The number of nitrogens with zero attached hydrogens (tertiary/aromatic N) is 2. The fraction of sp³-hybridized carbons (Fsp3) is 0.357. The molecule has 0 aliphatic carbocycles. The summed E-state index contributed by atoms with van der Waals surface area (Å²) in [6.45, 7) is 0.981. The van der Waals surface area contributed by atoms with Gasteiger partial charge in [0.05, 0.1) is 18.9 Å². The zero-order valence-corrected chi connectivity index (χ0v) is 12.1. The minimum atomic E-state index is -0.893. The Morgan fingerprint density at radius 1 is 1.39 bits per heavy atom. The molecule has 4 N–H and O–H groups in total. The number of nitriles is 1. The molecule has 1 saturated heterocycles. The van der Waals surface area contributed by atoms with E-state index in [-0.39, 0.29) is 11.8 Å². The number of rotatable bonds is 5. The van der Waals surface area contributed by atoms with Crippen molar-refractivity contribution in [3.8, 4) is 11.8 Å². The summed E-state index contributed by atoms with van der Waals surface area (Å²) in [6, 6.07) is 3.55. The molecule has 122 valence electrons. The van der Waals surface area contributed by atoms with Gasteiger partial charge in [0.25, 0.3) is 0 Å². The third-order valence-corrected chi connectivity index (χ3v) is 3.11. The lowest BCUT2D eigenvalue weighted by Gasteiger charge is -2.23. The Morgan fingerprint density at radius 3 is 2.52 bits per heavy atom. The third kappa shape index (κ3) is 4.37. The predicted octanol–water partition coefficient (Wildman–Crippen LogP) is 1.75. The van der Waals surface area contributed by atoms with E-state index in [1.54, 1.807) is 6.07 Å². The number of hydrazone groups is 1. The fourth-order valence-electron chi connectivity index (χ4n) is 1.96. The van der Waals surface area contributed by atoms with Gasteiger partial charge >= 0.3 is 0 Å². The molecule has 1 aromatic carbocycles. The van der Waals surface area contributed by atoms with Gasteiger partial charge in [-0.1, -0.05) is 0 Å². The Kier molecular flexibility index (Phi) is 5.43. The number of hydrogen-bond donors (Lipinski definition) is 3. The minimum absolute atomic E-state index is 0.0340. The van der Waals surface area contributed by atoms with Crippen molar-refractivity contribution in [2.24, 2.45) is 10.8 Å². The van der Waals surface area contributed by atoms with Crippen molar-refractivity contribution in [3.05, 3.63) is 23.8 Å². The lowest BCUT2D eigenvalue weighted by Crippen LogP contribution is -2.26. The van der Waals surface area contributed by atoms with Gasteiger partial charge < -0.3 is 15.2 Å². The summed E-state index contributed by atoms with van der Waals surface area (Å²) in [6.07, 6.45) is 0.827. The van der Waals surface area contributed by atoms with Crippen LogP contribution in [-0.4, -0.2) is 30.9 Å². The van der Waals surface area contributed by atoms with Gasteiger partial charge in [-0.2, -0.15) is 10.4 Å². The minimum Gasteiger partial charge on any atom is -0.484 e. The van der Waals surface area contributed by atoms with Crippen molar-refractivity contribution in [1.82, 2.24) is 0 Å². The van der Waals surface area contributed by atoms with Gasteiger partial charge in [0.15, 0.2) is 23.2 Å². The molecule has 1 fully saturated rings. The highest BCUT2D eigenvalue weighted by molar-refractivity contribution is 6.45. The van der Waals surface area contributed by atoms with Crippen LogP contribution in [0.2, 0.25) is 0 Å². The van der Waals surface area contributed by atoms with Crippen molar-refractivity contribution in [2.45, 2.75) is 18.9 Å². The van der Waals surface area contributed by atoms with Gasteiger partial charge in [-0.05, 0) is 0 Å². The lowest BCUT2D eigenvalue weighted by atomic mass is 10.1. The maximum Gasteiger partial charge on any atom is 0.201 e. The molecule has 0 unspecified atom stereocenters. The molecule has 1 aromatic rings. The Bertz CT molecular complexity index is 643. The van der Waals surface area contributed by atoms with E-state index in [4.69, 9.17) is 25.9 Å². The number of nitrogens with one attached hydrogen (secondary N) is 2. The summed E-state index contributed by atoms with van der Waals surface area (Å²) in [5, 5.41) is 19.3. The Morgan fingerprint density at radius 2 is 2.00 bits per heavy atom. The van der Waals surface area contributed by atoms with Crippen LogP contribution in [0.1, 0.15) is 12.8 Å². The van der Waals surface area contributed by atoms with Gasteiger partial charge in [-0.25, -0.2) is 8.78 Å². The first kappa shape index (κ1) is 16.6. The first-order valence-electron chi connectivity index (χ1n) is 6.83. The topological polar surface area (TPSA) is 117 Å². The quantitative estimate of drug-likeness (QED) is 0.433. The fourth-order valence-corrected chi connectivity index (χ4v) is 1.96. The number of amidine groups is 1. The van der Waals surface area contributed by atoms with Crippen LogP contribution in [0.25, 0.3) is 0 Å². The van der Waals surface area contributed by atoms with Crippen molar-refractivity contribution in [2.75, 3.05) is 18.6 Å². The van der Waals surface area contributed by atoms with Gasteiger partial charge in [0, 0.05) is 25.0 Å². The van der Waals surface area contributed by atoms with Crippen molar-refractivity contribution >= 4 is 17.2 Å². The third-order valence-electron chi connectivity index (χ3n) is 3.11. The van der Waals surface area contributed by atoms with Gasteiger partial charge in [0.2, 0.25) is 5.71 Å². The number of nitrogens with two attached hydrogens (primary N) is 1. The number of anilines is 1. The van der Waals surface area contributed by atoms with Gasteiger partial charge in [0.1, 0.15) is 12.2 Å². The highest BCUT2D eigenvalue weighted by Gasteiger charge is 2.20. The molecule has 0 radical (unpaired) electrons. The van der Waals surface area contributed by atoms with Crippen LogP contribution in [0, 0.1) is 28.4 Å². The number of benzene rings is 1. The van der Waals surface area contributed by atoms with E-state index in [1.807, 2.05) is 0 Å². The van der Waals surface area contributed by atoms with Crippen molar-refractivity contribution in [1.29, 1.82) is 10.7 Å². The first-order chi connectivity index (χ1) is 11.0. The molecular formula is C14H15F2N5O2. The first-order valence-corrected chi connectivity index (χ1v) is 6.83. The standard InChI is InChI=1S/C14H15F2N5O2/c15-10-5-8(20-21-12(7-17)14(18)19)6-11(16)13(10)23-9-1-3-22-4-2-9/h5-6,9,20H,1-4H2,(H3,18,19)/b21-12+. The molecule has 2 rings (SSSR count). The Labute approximate surface area is 131 Å². The van der Waals surface area contributed by atoms with E-state index in [9.17, 15) is 8.78 Å². The average molecular weight is 323 g/mol. The summed E-state index contributed by atoms with van der Waals surface area (Å²) in [5.41, 5.74) is 6.96. The largest absolute Gasteiger partial charge is 0.484 e. The molecule has 0 saturated carbocycles. The molecule has 0 bridgehead atoms. The van der Waals surface area contributed by atoms with E-state index in [0.29, 0.717) is 26.1 Å². The van der Waals surface area contributed by atoms with E-state index in [1.165, 1.54) is 0 Å². The van der Waals surface area contributed by atoms with Crippen molar-refractivity contribution < 1.29 is 18.3 Å². The van der Waals surface area contributed by atoms with Crippen molar-refractivity contribution in [3.63, 3.8) is 0 Å². The number of ether oxygens (including phenoxy) is 2. The Balaban J connectivity index is 2.13. The maximum atomic E-state index is 14.0. The van der Waals surface area contributed by atoms with Crippen LogP contribution in [0.5, 0.6) is 5.75 Å². The Hall–Kier alpha value is -2.73. The molecule has 0 amide bonds. The molecule has 23 heavy (non-hydrogen) atoms. The second kappa shape index (κ2) is 7.51. The molecule has 9 heteroatoms. The summed E-state index contributed by atoms with van der Waals surface area (Å²) in [5.74, 6) is -2.80. The second-order valence-electron chi connectivity index (χ2n) is 4.80. The van der Waals surface area contributed by atoms with E-state index < -0.39 is 28.9 Å². The predicted molar refractivity (Wildman–Crippen MR) is 79.4 cm³/mol. The van der Waals surface area contributed by atoms with Crippen LogP contribution < -0.4 is 15.9 Å². The van der Waals surface area contributed by atoms with E-state index >= 15 is 0 Å². The SMILES string of the molecule is N#C/C(=N\Nc1cc(F)c(OC2CCOCC2)c(F)c1)C(=N)N. The zero-order chi connectivity index (χ0) is 16.8. The zero-order valence-electron chi connectivity index (χ0n) is 12.1. The molecule has 0 spiro atoms. The normalized spacial score (nSPS) is 15.8. The smallest absolute Gasteiger partial charge is 0.201 e. The molecule has 1 aliphatic rings.